The van der Waals surface area contributed by atoms with Crippen LogP contribution in [0.15, 0.2) is 0 Å². The lowest BCUT2D eigenvalue weighted by molar-refractivity contribution is -0.261. The van der Waals surface area contributed by atoms with Crippen LogP contribution in [-0.2, 0) is 14.3 Å². The molecular weight excluding hydrogens is 420 g/mol. The highest BCUT2D eigenvalue weighted by Gasteiger charge is 2.34. The van der Waals surface area contributed by atoms with Crippen molar-refractivity contribution in [3.05, 3.63) is 0 Å². The largest absolute Gasteiger partial charge is 0.481 e. The Morgan fingerprint density at radius 1 is 0.697 bits per heavy atom. The van der Waals surface area contributed by atoms with Gasteiger partial charge in [0.15, 0.2) is 6.29 Å². The van der Waals surface area contributed by atoms with Crippen LogP contribution in [0, 0.1) is 0 Å². The smallest absolute Gasteiger partial charge is 0.303 e. The maximum Gasteiger partial charge on any atom is 0.303 e. The topological polar surface area (TPSA) is 96.2 Å². The van der Waals surface area contributed by atoms with Gasteiger partial charge in [-0.2, -0.15) is 0 Å². The van der Waals surface area contributed by atoms with E-state index in [1.807, 2.05) is 6.92 Å². The van der Waals surface area contributed by atoms with Crippen LogP contribution < -0.4 is 0 Å². The standard InChI is InChI=1S/C27H52O6/c1-23-24(28)22-25(29)27(33-23)32-21-19-17-15-13-11-9-7-5-3-2-4-6-8-10-12-14-16-18-20-26(30)31/h23-25,27-29H,2-22H2,1H3,(H,30,31). The van der Waals surface area contributed by atoms with E-state index in [1.54, 1.807) is 0 Å². The molecule has 6 nitrogen and oxygen atoms in total. The van der Waals surface area contributed by atoms with Gasteiger partial charge in [-0.3, -0.25) is 4.79 Å². The van der Waals surface area contributed by atoms with Crippen molar-refractivity contribution in [2.45, 2.75) is 160 Å². The van der Waals surface area contributed by atoms with E-state index < -0.39 is 24.5 Å². The number of rotatable bonds is 22. The van der Waals surface area contributed by atoms with Gasteiger partial charge in [0.25, 0.3) is 0 Å². The lowest BCUT2D eigenvalue weighted by atomic mass is 10.0. The molecule has 0 aromatic rings. The maximum absolute atomic E-state index is 10.4. The number of hydrogen-bond acceptors (Lipinski definition) is 5. The van der Waals surface area contributed by atoms with Crippen LogP contribution >= 0.6 is 0 Å². The van der Waals surface area contributed by atoms with Gasteiger partial charge in [-0.15, -0.1) is 0 Å². The molecule has 4 unspecified atom stereocenters. The van der Waals surface area contributed by atoms with Crippen LogP contribution in [0.25, 0.3) is 0 Å². The zero-order valence-corrected chi connectivity index (χ0v) is 21.2. The first-order chi connectivity index (χ1) is 16.0. The summed E-state index contributed by atoms with van der Waals surface area (Å²) in [5.74, 6) is -0.668. The minimum Gasteiger partial charge on any atom is -0.481 e. The van der Waals surface area contributed by atoms with Crippen molar-refractivity contribution < 1.29 is 29.6 Å². The van der Waals surface area contributed by atoms with Crippen molar-refractivity contribution in [2.75, 3.05) is 6.61 Å². The summed E-state index contributed by atoms with van der Waals surface area (Å²) < 4.78 is 11.2. The molecule has 0 aromatic heterocycles. The molecule has 0 aromatic carbocycles. The van der Waals surface area contributed by atoms with Gasteiger partial charge in [0.05, 0.1) is 12.2 Å². The normalized spacial score (nSPS) is 23.1. The number of aliphatic hydroxyl groups excluding tert-OH is 2. The number of unbranched alkanes of at least 4 members (excludes halogenated alkanes) is 17. The van der Waals surface area contributed by atoms with Crippen LogP contribution in [0.5, 0.6) is 0 Å². The first kappa shape index (κ1) is 30.3. The fourth-order valence-corrected chi connectivity index (χ4v) is 4.50. The van der Waals surface area contributed by atoms with Gasteiger partial charge < -0.3 is 24.8 Å². The zero-order valence-electron chi connectivity index (χ0n) is 21.2. The number of carboxylic acid groups (broad SMARTS) is 1. The number of aliphatic hydroxyl groups is 2. The fourth-order valence-electron chi connectivity index (χ4n) is 4.50. The van der Waals surface area contributed by atoms with Crippen LogP contribution in [-0.4, -0.2) is 52.5 Å². The molecule has 1 fully saturated rings. The summed E-state index contributed by atoms with van der Waals surface area (Å²) in [5, 5.41) is 28.2. The van der Waals surface area contributed by atoms with Crippen molar-refractivity contribution in [1.82, 2.24) is 0 Å². The second-order valence-electron chi connectivity index (χ2n) is 9.96. The van der Waals surface area contributed by atoms with E-state index in [4.69, 9.17) is 14.6 Å². The fraction of sp³-hybridized carbons (Fsp3) is 0.963. The van der Waals surface area contributed by atoms with Gasteiger partial charge in [0.2, 0.25) is 0 Å². The number of carboxylic acids is 1. The summed E-state index contributed by atoms with van der Waals surface area (Å²) in [4.78, 5) is 10.4. The van der Waals surface area contributed by atoms with Crippen molar-refractivity contribution in [3.63, 3.8) is 0 Å². The third kappa shape index (κ3) is 17.4. The minimum atomic E-state index is -0.732. The highest BCUT2D eigenvalue weighted by Crippen LogP contribution is 2.21. The van der Waals surface area contributed by atoms with E-state index in [0.29, 0.717) is 19.4 Å². The first-order valence-electron chi connectivity index (χ1n) is 13.9. The van der Waals surface area contributed by atoms with E-state index >= 15 is 0 Å². The van der Waals surface area contributed by atoms with Gasteiger partial charge in [-0.1, -0.05) is 103 Å². The van der Waals surface area contributed by atoms with Gasteiger partial charge in [-0.25, -0.2) is 0 Å². The Kier molecular flexibility index (Phi) is 19.0. The first-order valence-corrected chi connectivity index (χ1v) is 13.9. The minimum absolute atomic E-state index is 0.280. The van der Waals surface area contributed by atoms with E-state index in [9.17, 15) is 15.0 Å². The van der Waals surface area contributed by atoms with E-state index in [-0.39, 0.29) is 6.10 Å². The van der Waals surface area contributed by atoms with E-state index in [2.05, 4.69) is 0 Å². The molecule has 0 bridgehead atoms. The van der Waals surface area contributed by atoms with E-state index in [1.165, 1.54) is 89.9 Å². The molecule has 1 saturated heterocycles. The van der Waals surface area contributed by atoms with Crippen molar-refractivity contribution in [1.29, 1.82) is 0 Å². The SMILES string of the molecule is CC1OC(OCCCCCCCCCCCCCCCCCCCCC(=O)O)C(O)CC1O. The molecule has 0 saturated carbocycles. The summed E-state index contributed by atoms with van der Waals surface area (Å²) in [5.41, 5.74) is 0. The Labute approximate surface area is 202 Å². The lowest BCUT2D eigenvalue weighted by Gasteiger charge is -2.35. The van der Waals surface area contributed by atoms with Crippen LogP contribution in [0.3, 0.4) is 0 Å². The molecule has 4 atom stereocenters. The van der Waals surface area contributed by atoms with Gasteiger partial charge in [0, 0.05) is 19.4 Å². The molecule has 0 amide bonds. The Bertz CT molecular complexity index is 458. The van der Waals surface area contributed by atoms with Gasteiger partial charge in [0.1, 0.15) is 6.10 Å². The summed E-state index contributed by atoms with van der Waals surface area (Å²) >= 11 is 0. The molecule has 1 aliphatic heterocycles. The molecule has 3 N–H and O–H groups in total. The Morgan fingerprint density at radius 2 is 1.09 bits per heavy atom. The zero-order chi connectivity index (χ0) is 24.2. The molecule has 1 aliphatic rings. The van der Waals surface area contributed by atoms with Crippen molar-refractivity contribution in [2.24, 2.45) is 0 Å². The Balaban J connectivity index is 1.72. The number of aliphatic carboxylic acids is 1. The molecule has 0 spiro atoms. The third-order valence-electron chi connectivity index (χ3n) is 6.75. The summed E-state index contributed by atoms with van der Waals surface area (Å²) in [6.07, 6.45) is 21.0. The van der Waals surface area contributed by atoms with E-state index in [0.717, 1.165) is 25.7 Å². The summed E-state index contributed by atoms with van der Waals surface area (Å²) in [6.45, 7) is 2.42. The number of hydrogen-bond donors (Lipinski definition) is 3. The van der Waals surface area contributed by atoms with Gasteiger partial charge in [-0.05, 0) is 19.8 Å². The van der Waals surface area contributed by atoms with Gasteiger partial charge >= 0.3 is 5.97 Å². The van der Waals surface area contributed by atoms with Crippen LogP contribution in [0.2, 0.25) is 0 Å². The quantitative estimate of drug-likeness (QED) is 0.159. The monoisotopic (exact) mass is 472 g/mol. The predicted molar refractivity (Wildman–Crippen MR) is 132 cm³/mol. The molecule has 0 aliphatic carbocycles. The number of carbonyl (C=O) groups is 1. The third-order valence-corrected chi connectivity index (χ3v) is 6.75. The summed E-state index contributed by atoms with van der Waals surface area (Å²) in [6, 6.07) is 0. The molecule has 1 heterocycles. The summed E-state index contributed by atoms with van der Waals surface area (Å²) in [7, 11) is 0. The van der Waals surface area contributed by atoms with Crippen LogP contribution in [0.1, 0.15) is 135 Å². The highest BCUT2D eigenvalue weighted by atomic mass is 16.7. The second kappa shape index (κ2) is 20.7. The molecule has 0 radical (unpaired) electrons. The average molecular weight is 473 g/mol. The van der Waals surface area contributed by atoms with Crippen molar-refractivity contribution in [3.8, 4) is 0 Å². The molecule has 1 rings (SSSR count). The molecule has 6 heteroatoms. The number of ether oxygens (including phenoxy) is 2. The van der Waals surface area contributed by atoms with Crippen LogP contribution in [0.4, 0.5) is 0 Å². The average Bonchev–Trinajstić information content (AvgIpc) is 2.77. The highest BCUT2D eigenvalue weighted by molar-refractivity contribution is 5.66. The Hall–Kier alpha value is -0.690. The lowest BCUT2D eigenvalue weighted by Crippen LogP contribution is -2.47. The van der Waals surface area contributed by atoms with Crippen molar-refractivity contribution >= 4 is 5.97 Å². The second-order valence-corrected chi connectivity index (χ2v) is 9.96. The maximum atomic E-state index is 10.4. The Morgan fingerprint density at radius 3 is 1.52 bits per heavy atom. The molecule has 196 valence electrons. The molecule has 33 heavy (non-hydrogen) atoms. The predicted octanol–water partition coefficient (Wildman–Crippen LogP) is 6.36. The molecular formula is C27H52O6.